The SMILES string of the molecule is C[Si](C)(C)OC(=O)C(C(=O)O)(C(=O)O)[N+](=O)[O-]. The Morgan fingerprint density at radius 3 is 1.71 bits per heavy atom. The zero-order valence-electron chi connectivity index (χ0n) is 9.29. The van der Waals surface area contributed by atoms with Crippen LogP contribution in [0.3, 0.4) is 0 Å². The van der Waals surface area contributed by atoms with E-state index in [1.165, 1.54) is 19.6 Å². The van der Waals surface area contributed by atoms with Crippen molar-refractivity contribution in [1.29, 1.82) is 0 Å². The van der Waals surface area contributed by atoms with E-state index in [0.29, 0.717) is 0 Å². The Morgan fingerprint density at radius 1 is 1.18 bits per heavy atom. The number of carboxylic acid groups (broad SMARTS) is 2. The zero-order chi connectivity index (χ0) is 14.0. The molecule has 17 heavy (non-hydrogen) atoms. The number of hydrogen-bond donors (Lipinski definition) is 2. The molecule has 0 atom stereocenters. The molecule has 96 valence electrons. The van der Waals surface area contributed by atoms with Crippen molar-refractivity contribution in [1.82, 2.24) is 0 Å². The standard InChI is InChI=1S/C7H11NO8Si/c1-17(2,3)16-6(13)7(4(9)10,5(11)12)8(14)15/h1-3H3,(H,9,10)(H,11,12). The van der Waals surface area contributed by atoms with E-state index in [0.717, 1.165) is 0 Å². The minimum atomic E-state index is -3.81. The highest BCUT2D eigenvalue weighted by Crippen LogP contribution is 2.17. The van der Waals surface area contributed by atoms with Gasteiger partial charge in [0.25, 0.3) is 0 Å². The molecule has 0 aliphatic carbocycles. The fraction of sp³-hybridized carbons (Fsp3) is 0.571. The first kappa shape index (κ1) is 15.0. The Labute approximate surface area is 96.3 Å². The molecular weight excluding hydrogens is 254 g/mol. The molecule has 0 fully saturated rings. The van der Waals surface area contributed by atoms with Crippen LogP contribution in [0.1, 0.15) is 0 Å². The Morgan fingerprint density at radius 2 is 1.53 bits per heavy atom. The summed E-state index contributed by atoms with van der Waals surface area (Å²) in [6, 6.07) is 0. The van der Waals surface area contributed by atoms with Gasteiger partial charge in [-0.15, -0.1) is 0 Å². The number of carbonyl (C=O) groups is 3. The lowest BCUT2D eigenvalue weighted by atomic mass is 10.0. The molecule has 0 radical (unpaired) electrons. The van der Waals surface area contributed by atoms with Crippen LogP contribution in [0.25, 0.3) is 0 Å². The lowest BCUT2D eigenvalue weighted by Gasteiger charge is -2.21. The number of carboxylic acids is 2. The van der Waals surface area contributed by atoms with Crippen LogP contribution in [-0.2, 0) is 18.8 Å². The molecule has 0 rings (SSSR count). The summed E-state index contributed by atoms with van der Waals surface area (Å²) in [4.78, 5) is 41.8. The van der Waals surface area contributed by atoms with Gasteiger partial charge in [-0.3, -0.25) is 10.1 Å². The molecular formula is C7H11NO8Si. The first-order valence-electron chi connectivity index (χ1n) is 4.31. The number of hydrogen-bond acceptors (Lipinski definition) is 6. The van der Waals surface area contributed by atoms with Gasteiger partial charge in [0.2, 0.25) is 8.32 Å². The number of nitro groups is 1. The topological polar surface area (TPSA) is 144 Å². The predicted molar refractivity (Wildman–Crippen MR) is 54.4 cm³/mol. The number of aliphatic carboxylic acids is 2. The van der Waals surface area contributed by atoms with Gasteiger partial charge in [-0.25, -0.2) is 14.4 Å². The van der Waals surface area contributed by atoms with E-state index < -0.39 is 36.7 Å². The second-order valence-corrected chi connectivity index (χ2v) is 8.51. The van der Waals surface area contributed by atoms with Crippen molar-refractivity contribution >= 4 is 26.2 Å². The molecule has 0 saturated carbocycles. The van der Waals surface area contributed by atoms with Crippen molar-refractivity contribution < 1.29 is 33.9 Å². The van der Waals surface area contributed by atoms with Gasteiger partial charge in [0, 0.05) is 0 Å². The monoisotopic (exact) mass is 265 g/mol. The Balaban J connectivity index is 5.64. The summed E-state index contributed by atoms with van der Waals surface area (Å²) in [5.74, 6) is -6.67. The molecule has 2 N–H and O–H groups in total. The van der Waals surface area contributed by atoms with E-state index in [-0.39, 0.29) is 0 Å². The normalized spacial score (nSPS) is 11.7. The third-order valence-corrected chi connectivity index (χ3v) is 2.38. The smallest absolute Gasteiger partial charge is 0.501 e. The van der Waals surface area contributed by atoms with Gasteiger partial charge >= 0.3 is 23.4 Å². The first-order valence-corrected chi connectivity index (χ1v) is 7.71. The Hall–Kier alpha value is -1.97. The molecule has 0 spiro atoms. The van der Waals surface area contributed by atoms with E-state index in [2.05, 4.69) is 4.43 Å². The van der Waals surface area contributed by atoms with E-state index >= 15 is 0 Å². The molecule has 0 aromatic heterocycles. The second-order valence-electron chi connectivity index (χ2n) is 4.08. The Kier molecular flexibility index (Phi) is 3.97. The van der Waals surface area contributed by atoms with Crippen LogP contribution in [-0.4, -0.2) is 46.9 Å². The highest BCUT2D eigenvalue weighted by molar-refractivity contribution is 6.71. The minimum absolute atomic E-state index is 1.46. The lowest BCUT2D eigenvalue weighted by Crippen LogP contribution is -2.61. The summed E-state index contributed by atoms with van der Waals surface area (Å²) in [6.45, 7) is 4.37. The largest absolute Gasteiger partial charge is 0.514 e. The van der Waals surface area contributed by atoms with E-state index in [1.807, 2.05) is 0 Å². The summed E-state index contributed by atoms with van der Waals surface area (Å²) in [7, 11) is -2.65. The predicted octanol–water partition coefficient (Wildman–Crippen LogP) is -0.451. The van der Waals surface area contributed by atoms with Crippen molar-refractivity contribution in [2.75, 3.05) is 0 Å². The summed E-state index contributed by atoms with van der Waals surface area (Å²) >= 11 is 0. The van der Waals surface area contributed by atoms with Crippen LogP contribution >= 0.6 is 0 Å². The number of rotatable bonds is 5. The van der Waals surface area contributed by atoms with Gasteiger partial charge in [0.05, 0.1) is 4.92 Å². The van der Waals surface area contributed by atoms with Gasteiger partial charge in [-0.1, -0.05) is 0 Å². The van der Waals surface area contributed by atoms with E-state index in [4.69, 9.17) is 10.2 Å². The average molecular weight is 265 g/mol. The fourth-order valence-electron chi connectivity index (χ4n) is 0.849. The van der Waals surface area contributed by atoms with E-state index in [9.17, 15) is 24.5 Å². The number of nitrogens with zero attached hydrogens (tertiary/aromatic N) is 1. The van der Waals surface area contributed by atoms with Gasteiger partial charge in [-0.05, 0) is 19.6 Å². The van der Waals surface area contributed by atoms with Crippen molar-refractivity contribution in [3.05, 3.63) is 10.1 Å². The van der Waals surface area contributed by atoms with Gasteiger partial charge in [0.15, 0.2) is 0 Å². The molecule has 0 amide bonds. The average Bonchev–Trinajstić information content (AvgIpc) is 1.97. The molecule has 0 aromatic rings. The van der Waals surface area contributed by atoms with E-state index in [1.54, 1.807) is 0 Å². The molecule has 0 bridgehead atoms. The van der Waals surface area contributed by atoms with Crippen molar-refractivity contribution in [3.8, 4) is 0 Å². The molecule has 9 nitrogen and oxygen atoms in total. The highest BCUT2D eigenvalue weighted by atomic mass is 28.4. The summed E-state index contributed by atoms with van der Waals surface area (Å²) in [5.41, 5.74) is -3.81. The minimum Gasteiger partial charge on any atom is -0.514 e. The van der Waals surface area contributed by atoms with Crippen molar-refractivity contribution in [2.45, 2.75) is 25.2 Å². The van der Waals surface area contributed by atoms with Crippen LogP contribution in [0, 0.1) is 10.1 Å². The summed E-state index contributed by atoms with van der Waals surface area (Å²) < 4.78 is 4.58. The fourth-order valence-corrected chi connectivity index (χ4v) is 1.55. The van der Waals surface area contributed by atoms with Crippen LogP contribution in [0.2, 0.25) is 19.6 Å². The molecule has 0 unspecified atom stereocenters. The highest BCUT2D eigenvalue weighted by Gasteiger charge is 2.69. The van der Waals surface area contributed by atoms with Crippen LogP contribution in [0.4, 0.5) is 0 Å². The van der Waals surface area contributed by atoms with Crippen LogP contribution < -0.4 is 0 Å². The Bertz CT molecular complexity index is 348. The maximum atomic E-state index is 11.4. The summed E-state index contributed by atoms with van der Waals surface area (Å²) in [6.07, 6.45) is 0. The quantitative estimate of drug-likeness (QED) is 0.294. The van der Waals surface area contributed by atoms with Crippen LogP contribution in [0.5, 0.6) is 0 Å². The van der Waals surface area contributed by atoms with Crippen molar-refractivity contribution in [3.63, 3.8) is 0 Å². The maximum absolute atomic E-state index is 11.4. The third-order valence-electron chi connectivity index (χ3n) is 1.59. The maximum Gasteiger partial charge on any atom is 0.501 e. The first-order chi connectivity index (χ1) is 7.46. The number of carbonyl (C=O) groups excluding carboxylic acids is 1. The third kappa shape index (κ3) is 2.78. The summed E-state index contributed by atoms with van der Waals surface area (Å²) in [5, 5.41) is 27.8. The lowest BCUT2D eigenvalue weighted by molar-refractivity contribution is -0.527. The molecule has 0 aliphatic heterocycles. The van der Waals surface area contributed by atoms with Gasteiger partial charge in [0.1, 0.15) is 0 Å². The van der Waals surface area contributed by atoms with Crippen molar-refractivity contribution in [2.24, 2.45) is 0 Å². The second kappa shape index (κ2) is 4.49. The molecule has 0 aliphatic rings. The van der Waals surface area contributed by atoms with Crippen LogP contribution in [0.15, 0.2) is 0 Å². The molecule has 0 saturated heterocycles. The molecule has 0 aromatic carbocycles. The van der Waals surface area contributed by atoms with Gasteiger partial charge < -0.3 is 14.6 Å². The molecule has 0 heterocycles. The zero-order valence-corrected chi connectivity index (χ0v) is 10.3. The van der Waals surface area contributed by atoms with Gasteiger partial charge in [-0.2, -0.15) is 0 Å². The molecule has 10 heteroatoms.